The third kappa shape index (κ3) is 6.63. The van der Waals surface area contributed by atoms with E-state index >= 15 is 0 Å². The summed E-state index contributed by atoms with van der Waals surface area (Å²) in [6, 6.07) is 0.226. The summed E-state index contributed by atoms with van der Waals surface area (Å²) in [7, 11) is 2.15. The van der Waals surface area contributed by atoms with E-state index in [4.69, 9.17) is 5.11 Å². The van der Waals surface area contributed by atoms with Crippen molar-refractivity contribution in [2.45, 2.75) is 39.3 Å². The summed E-state index contributed by atoms with van der Waals surface area (Å²) in [5.41, 5.74) is 0. The number of amides is 2. The number of rotatable bonds is 7. The van der Waals surface area contributed by atoms with E-state index in [1.54, 1.807) is 0 Å². The fraction of sp³-hybridized carbons (Fsp3) is 0.933. The lowest BCUT2D eigenvalue weighted by atomic mass is 10.0. The van der Waals surface area contributed by atoms with Gasteiger partial charge in [-0.3, -0.25) is 4.90 Å². The molecule has 6 nitrogen and oxygen atoms in total. The highest BCUT2D eigenvalue weighted by Crippen LogP contribution is 2.12. The van der Waals surface area contributed by atoms with Gasteiger partial charge >= 0.3 is 6.03 Å². The summed E-state index contributed by atoms with van der Waals surface area (Å²) in [5.74, 6) is 0.503. The predicted octanol–water partition coefficient (Wildman–Crippen LogP) is 0.329. The van der Waals surface area contributed by atoms with E-state index < -0.39 is 0 Å². The van der Waals surface area contributed by atoms with Crippen molar-refractivity contribution in [3.63, 3.8) is 0 Å². The highest BCUT2D eigenvalue weighted by atomic mass is 16.3. The summed E-state index contributed by atoms with van der Waals surface area (Å²) < 4.78 is 0. The molecule has 1 heterocycles. The Hall–Kier alpha value is -0.850. The predicted molar refractivity (Wildman–Crippen MR) is 85.4 cm³/mol. The summed E-state index contributed by atoms with van der Waals surface area (Å²) >= 11 is 0. The van der Waals surface area contributed by atoms with Crippen LogP contribution in [0.15, 0.2) is 0 Å². The number of nitrogens with zero attached hydrogens (tertiary/aromatic N) is 2. The number of piperazine rings is 1. The maximum atomic E-state index is 11.9. The highest BCUT2D eigenvalue weighted by Gasteiger charge is 2.25. The van der Waals surface area contributed by atoms with Gasteiger partial charge in [-0.05, 0) is 26.3 Å². The van der Waals surface area contributed by atoms with Crippen molar-refractivity contribution in [2.75, 3.05) is 46.4 Å². The fourth-order valence-electron chi connectivity index (χ4n) is 2.68. The molecule has 0 aliphatic carbocycles. The SMILES string of the molecule is CC(C)C(CNC(=O)N[C@H](C)CCO)N1CCN(C)CC1. The second-order valence-corrected chi connectivity index (χ2v) is 6.42. The molecule has 1 aliphatic heterocycles. The third-order valence-corrected chi connectivity index (χ3v) is 4.19. The minimum atomic E-state index is -0.143. The minimum Gasteiger partial charge on any atom is -0.396 e. The molecule has 0 bridgehead atoms. The average Bonchev–Trinajstić information content (AvgIpc) is 2.40. The van der Waals surface area contributed by atoms with Crippen LogP contribution in [0.2, 0.25) is 0 Å². The Kier molecular flexibility index (Phi) is 8.00. The second kappa shape index (κ2) is 9.23. The van der Waals surface area contributed by atoms with Crippen LogP contribution < -0.4 is 10.6 Å². The van der Waals surface area contributed by atoms with Gasteiger partial charge in [-0.2, -0.15) is 0 Å². The smallest absolute Gasteiger partial charge is 0.315 e. The number of carbonyl (C=O) groups excluding carboxylic acids is 1. The number of nitrogens with one attached hydrogen (secondary N) is 2. The van der Waals surface area contributed by atoms with Crippen molar-refractivity contribution >= 4 is 6.03 Å². The molecule has 1 saturated heterocycles. The summed E-state index contributed by atoms with van der Waals surface area (Å²) in [4.78, 5) is 16.7. The van der Waals surface area contributed by atoms with Gasteiger partial charge in [0.05, 0.1) is 0 Å². The quantitative estimate of drug-likeness (QED) is 0.634. The molecule has 0 saturated carbocycles. The van der Waals surface area contributed by atoms with E-state index in [1.165, 1.54) is 0 Å². The monoisotopic (exact) mass is 300 g/mol. The van der Waals surface area contributed by atoms with Gasteiger partial charge in [-0.25, -0.2) is 4.79 Å². The van der Waals surface area contributed by atoms with Crippen molar-refractivity contribution in [3.8, 4) is 0 Å². The lowest BCUT2D eigenvalue weighted by molar-refractivity contribution is 0.0886. The zero-order valence-corrected chi connectivity index (χ0v) is 13.9. The zero-order chi connectivity index (χ0) is 15.8. The molecule has 3 N–H and O–H groups in total. The van der Waals surface area contributed by atoms with Crippen molar-refractivity contribution < 1.29 is 9.90 Å². The van der Waals surface area contributed by atoms with Gasteiger partial charge in [-0.15, -0.1) is 0 Å². The first kappa shape index (κ1) is 18.2. The van der Waals surface area contributed by atoms with Crippen molar-refractivity contribution in [1.82, 2.24) is 20.4 Å². The van der Waals surface area contributed by atoms with Crippen LogP contribution in [-0.2, 0) is 0 Å². The van der Waals surface area contributed by atoms with Crippen LogP contribution in [-0.4, -0.2) is 79.4 Å². The molecule has 1 unspecified atom stereocenters. The van der Waals surface area contributed by atoms with Crippen molar-refractivity contribution in [1.29, 1.82) is 0 Å². The molecule has 0 aromatic heterocycles. The topological polar surface area (TPSA) is 67.8 Å². The lowest BCUT2D eigenvalue weighted by Gasteiger charge is -2.40. The van der Waals surface area contributed by atoms with Crippen LogP contribution >= 0.6 is 0 Å². The van der Waals surface area contributed by atoms with E-state index in [0.29, 0.717) is 24.9 Å². The van der Waals surface area contributed by atoms with Gasteiger partial charge in [0.2, 0.25) is 0 Å². The van der Waals surface area contributed by atoms with Crippen molar-refractivity contribution in [2.24, 2.45) is 5.92 Å². The summed E-state index contributed by atoms with van der Waals surface area (Å²) in [6.07, 6.45) is 0.583. The molecule has 0 spiro atoms. The summed E-state index contributed by atoms with van der Waals surface area (Å²) in [6.45, 7) is 11.4. The van der Waals surface area contributed by atoms with Crippen LogP contribution in [0.4, 0.5) is 4.79 Å². The van der Waals surface area contributed by atoms with Crippen LogP contribution in [0.3, 0.4) is 0 Å². The largest absolute Gasteiger partial charge is 0.396 e. The maximum Gasteiger partial charge on any atom is 0.315 e. The number of carbonyl (C=O) groups is 1. The average molecular weight is 300 g/mol. The zero-order valence-electron chi connectivity index (χ0n) is 13.9. The van der Waals surface area contributed by atoms with E-state index in [9.17, 15) is 4.79 Å². The number of likely N-dealkylation sites (N-methyl/N-ethyl adjacent to an activating group) is 1. The lowest BCUT2D eigenvalue weighted by Crippen LogP contribution is -2.55. The van der Waals surface area contributed by atoms with Gasteiger partial charge in [-0.1, -0.05) is 13.8 Å². The van der Waals surface area contributed by atoms with E-state index in [-0.39, 0.29) is 18.7 Å². The maximum absolute atomic E-state index is 11.9. The highest BCUT2D eigenvalue weighted by molar-refractivity contribution is 5.74. The minimum absolute atomic E-state index is 0.00358. The molecule has 2 atom stereocenters. The van der Waals surface area contributed by atoms with Crippen LogP contribution in [0.25, 0.3) is 0 Å². The molecule has 21 heavy (non-hydrogen) atoms. The normalized spacial score (nSPS) is 20.3. The first-order chi connectivity index (χ1) is 9.93. The van der Waals surface area contributed by atoms with Crippen molar-refractivity contribution in [3.05, 3.63) is 0 Å². The standard InChI is InChI=1S/C15H32N4O2/c1-12(2)14(19-8-6-18(4)7-9-19)11-16-15(21)17-13(3)5-10-20/h12-14,20H,5-11H2,1-4H3,(H2,16,17,21)/t13-,14?/m1/s1. The molecule has 1 rings (SSSR count). The molecule has 124 valence electrons. The number of aliphatic hydroxyl groups excluding tert-OH is 1. The first-order valence-electron chi connectivity index (χ1n) is 8.01. The molecular formula is C15H32N4O2. The molecule has 0 radical (unpaired) electrons. The van der Waals surface area contributed by atoms with Gasteiger partial charge in [0.15, 0.2) is 0 Å². The van der Waals surface area contributed by atoms with E-state index in [1.807, 2.05) is 6.92 Å². The number of aliphatic hydroxyl groups is 1. The number of urea groups is 1. The molecule has 1 aliphatic rings. The van der Waals surface area contributed by atoms with Gasteiger partial charge in [0.25, 0.3) is 0 Å². The molecule has 0 aromatic carbocycles. The Morgan fingerprint density at radius 1 is 1.19 bits per heavy atom. The van der Waals surface area contributed by atoms with Crippen LogP contribution in [0, 0.1) is 5.92 Å². The molecule has 2 amide bonds. The summed E-state index contributed by atoms with van der Waals surface area (Å²) in [5, 5.41) is 14.7. The van der Waals surface area contributed by atoms with Gasteiger partial charge in [0.1, 0.15) is 0 Å². The molecule has 1 fully saturated rings. The Morgan fingerprint density at radius 3 is 2.33 bits per heavy atom. The number of hydrogen-bond acceptors (Lipinski definition) is 4. The third-order valence-electron chi connectivity index (χ3n) is 4.19. The molecule has 6 heteroatoms. The number of hydrogen-bond donors (Lipinski definition) is 3. The van der Waals surface area contributed by atoms with E-state index in [2.05, 4.69) is 41.3 Å². The Morgan fingerprint density at radius 2 is 1.81 bits per heavy atom. The fourth-order valence-corrected chi connectivity index (χ4v) is 2.68. The van der Waals surface area contributed by atoms with Crippen LogP contribution in [0.5, 0.6) is 0 Å². The Balaban J connectivity index is 2.39. The Labute approximate surface area is 128 Å². The first-order valence-corrected chi connectivity index (χ1v) is 8.01. The van der Waals surface area contributed by atoms with Gasteiger partial charge in [0, 0.05) is 51.4 Å². The van der Waals surface area contributed by atoms with E-state index in [0.717, 1.165) is 26.2 Å². The molecule has 0 aromatic rings. The van der Waals surface area contributed by atoms with Crippen LogP contribution in [0.1, 0.15) is 27.2 Å². The Bertz CT molecular complexity index is 304. The second-order valence-electron chi connectivity index (χ2n) is 6.42. The van der Waals surface area contributed by atoms with Gasteiger partial charge < -0.3 is 20.6 Å². The molecular weight excluding hydrogens is 268 g/mol.